The molecule has 120 valence electrons. The number of hydrogen-bond donors (Lipinski definition) is 2. The van der Waals surface area contributed by atoms with Gasteiger partial charge in [-0.1, -0.05) is 26.7 Å². The number of rotatable bonds is 4. The molecule has 0 aromatic heterocycles. The van der Waals surface area contributed by atoms with Crippen LogP contribution in [0.1, 0.15) is 58.8 Å². The second-order valence-corrected chi connectivity index (χ2v) is 7.55. The monoisotopic (exact) mass is 297 g/mol. The van der Waals surface area contributed by atoms with Gasteiger partial charge < -0.3 is 15.1 Å². The molecule has 0 bridgehead atoms. The quantitative estimate of drug-likeness (QED) is 0.832. The molecule has 0 radical (unpaired) electrons. The molecule has 0 spiro atoms. The third kappa shape index (κ3) is 3.96. The number of fused-ring (bicyclic) bond motifs is 1. The zero-order chi connectivity index (χ0) is 15.7. The number of carbonyl (C=O) groups is 2. The fourth-order valence-electron chi connectivity index (χ4n) is 3.79. The van der Waals surface area contributed by atoms with Crippen molar-refractivity contribution in [3.63, 3.8) is 0 Å². The number of carbonyl (C=O) groups excluding carboxylic acids is 1. The van der Waals surface area contributed by atoms with Crippen molar-refractivity contribution >= 4 is 11.9 Å². The molecule has 2 N–H and O–H groups in total. The van der Waals surface area contributed by atoms with Crippen molar-refractivity contribution in [2.75, 3.05) is 13.1 Å². The molecule has 2 atom stereocenters. The first kappa shape index (κ1) is 16.3. The van der Waals surface area contributed by atoms with E-state index in [0.29, 0.717) is 19.5 Å². The van der Waals surface area contributed by atoms with Gasteiger partial charge in [0.2, 0.25) is 5.91 Å². The normalized spacial score (nSPS) is 29.9. The molecule has 5 heteroatoms. The van der Waals surface area contributed by atoms with E-state index in [2.05, 4.69) is 0 Å². The number of likely N-dealkylation sites (tertiary alicyclic amines) is 1. The zero-order valence-electron chi connectivity index (χ0n) is 13.1. The number of nitrogens with zero attached hydrogens (tertiary/aromatic N) is 1. The molecule has 2 unspecified atom stereocenters. The van der Waals surface area contributed by atoms with Crippen LogP contribution in [-0.2, 0) is 9.59 Å². The van der Waals surface area contributed by atoms with Crippen LogP contribution < -0.4 is 0 Å². The Kier molecular flexibility index (Phi) is 4.61. The van der Waals surface area contributed by atoms with Crippen molar-refractivity contribution in [3.05, 3.63) is 0 Å². The Hall–Kier alpha value is -1.10. The smallest absolute Gasteiger partial charge is 0.303 e. The molecular weight excluding hydrogens is 270 g/mol. The third-order valence-electron chi connectivity index (χ3n) is 5.04. The molecule has 2 rings (SSSR count). The van der Waals surface area contributed by atoms with E-state index in [-0.39, 0.29) is 24.7 Å². The Balaban J connectivity index is 1.94. The first-order chi connectivity index (χ1) is 9.72. The zero-order valence-corrected chi connectivity index (χ0v) is 13.1. The molecular formula is C16H27NO4. The number of aliphatic carboxylic acids is 1. The van der Waals surface area contributed by atoms with E-state index in [1.165, 1.54) is 0 Å². The molecule has 1 aliphatic heterocycles. The molecule has 1 saturated carbocycles. The van der Waals surface area contributed by atoms with Gasteiger partial charge >= 0.3 is 5.97 Å². The van der Waals surface area contributed by atoms with Gasteiger partial charge in [-0.2, -0.15) is 0 Å². The summed E-state index contributed by atoms with van der Waals surface area (Å²) in [6, 6.07) is 0. The summed E-state index contributed by atoms with van der Waals surface area (Å²) in [6.07, 6.45) is 4.95. The van der Waals surface area contributed by atoms with Crippen molar-refractivity contribution in [2.45, 2.75) is 64.4 Å². The Labute approximate surface area is 126 Å². The first-order valence-electron chi connectivity index (χ1n) is 7.94. The van der Waals surface area contributed by atoms with Gasteiger partial charge in [-0.3, -0.25) is 9.59 Å². The topological polar surface area (TPSA) is 77.8 Å². The number of carboxylic acids is 1. The van der Waals surface area contributed by atoms with Crippen LogP contribution in [0, 0.1) is 11.3 Å². The number of piperidine rings is 1. The molecule has 5 nitrogen and oxygen atoms in total. The predicted octanol–water partition coefficient (Wildman–Crippen LogP) is 2.03. The van der Waals surface area contributed by atoms with Gasteiger partial charge in [0.25, 0.3) is 0 Å². The molecule has 1 amide bonds. The number of hydrogen-bond acceptors (Lipinski definition) is 3. The van der Waals surface area contributed by atoms with E-state index in [9.17, 15) is 14.7 Å². The lowest BCUT2D eigenvalue weighted by atomic mass is 9.71. The predicted molar refractivity (Wildman–Crippen MR) is 78.8 cm³/mol. The lowest BCUT2D eigenvalue weighted by Gasteiger charge is -2.47. The molecule has 1 aliphatic carbocycles. The minimum absolute atomic E-state index is 0.0000535. The summed E-state index contributed by atoms with van der Waals surface area (Å²) >= 11 is 0. The summed E-state index contributed by atoms with van der Waals surface area (Å²) < 4.78 is 0. The Morgan fingerprint density at radius 3 is 2.62 bits per heavy atom. The second kappa shape index (κ2) is 5.95. The maximum atomic E-state index is 12.4. The van der Waals surface area contributed by atoms with Gasteiger partial charge in [-0.15, -0.1) is 0 Å². The van der Waals surface area contributed by atoms with Crippen LogP contribution in [0.4, 0.5) is 0 Å². The van der Waals surface area contributed by atoms with E-state index >= 15 is 0 Å². The van der Waals surface area contributed by atoms with E-state index in [0.717, 1.165) is 25.7 Å². The summed E-state index contributed by atoms with van der Waals surface area (Å²) in [5, 5.41) is 19.5. The van der Waals surface area contributed by atoms with Crippen LogP contribution in [0.2, 0.25) is 0 Å². The van der Waals surface area contributed by atoms with Crippen molar-refractivity contribution in [2.24, 2.45) is 11.3 Å². The number of carboxylic acid groups (broad SMARTS) is 1. The third-order valence-corrected chi connectivity index (χ3v) is 5.04. The van der Waals surface area contributed by atoms with E-state index in [1.807, 2.05) is 18.7 Å². The average Bonchev–Trinajstić information content (AvgIpc) is 2.35. The molecule has 2 fully saturated rings. The Bertz CT molecular complexity index is 421. The molecule has 2 aliphatic rings. The summed E-state index contributed by atoms with van der Waals surface area (Å²) in [7, 11) is 0. The average molecular weight is 297 g/mol. The Morgan fingerprint density at radius 1 is 1.24 bits per heavy atom. The van der Waals surface area contributed by atoms with Gasteiger partial charge in [0.1, 0.15) is 0 Å². The minimum atomic E-state index is -0.868. The molecule has 0 aromatic carbocycles. The first-order valence-corrected chi connectivity index (χ1v) is 7.94. The summed E-state index contributed by atoms with van der Waals surface area (Å²) in [5.41, 5.74) is -1.10. The van der Waals surface area contributed by atoms with Crippen LogP contribution >= 0.6 is 0 Å². The maximum absolute atomic E-state index is 12.4. The van der Waals surface area contributed by atoms with Crippen LogP contribution in [0.25, 0.3) is 0 Å². The SMILES string of the molecule is CC(C)(CC(=O)O)CC(=O)N1CCC2(O)CCCCC2C1. The summed E-state index contributed by atoms with van der Waals surface area (Å²) in [6.45, 7) is 4.85. The highest BCUT2D eigenvalue weighted by Crippen LogP contribution is 2.40. The number of aliphatic hydroxyl groups is 1. The molecule has 1 saturated heterocycles. The van der Waals surface area contributed by atoms with Gasteiger partial charge in [0.05, 0.1) is 12.0 Å². The fraction of sp³-hybridized carbons (Fsp3) is 0.875. The highest BCUT2D eigenvalue weighted by atomic mass is 16.4. The minimum Gasteiger partial charge on any atom is -0.481 e. The standard InChI is InChI=1S/C16H27NO4/c1-15(2,10-14(19)20)9-13(18)17-8-7-16(21)6-4-3-5-12(16)11-17/h12,21H,3-11H2,1-2H3,(H,19,20). The highest BCUT2D eigenvalue weighted by molar-refractivity contribution is 5.78. The lowest BCUT2D eigenvalue weighted by molar-refractivity contribution is -0.146. The van der Waals surface area contributed by atoms with E-state index in [4.69, 9.17) is 5.11 Å². The van der Waals surface area contributed by atoms with Gasteiger partial charge in [0, 0.05) is 25.4 Å². The molecule has 0 aromatic rings. The second-order valence-electron chi connectivity index (χ2n) is 7.55. The van der Waals surface area contributed by atoms with Crippen molar-refractivity contribution in [1.29, 1.82) is 0 Å². The summed E-state index contributed by atoms with van der Waals surface area (Å²) in [5.74, 6) is -0.659. The fourth-order valence-corrected chi connectivity index (χ4v) is 3.79. The van der Waals surface area contributed by atoms with Crippen LogP contribution in [0.15, 0.2) is 0 Å². The largest absolute Gasteiger partial charge is 0.481 e. The maximum Gasteiger partial charge on any atom is 0.303 e. The van der Waals surface area contributed by atoms with Crippen LogP contribution in [0.5, 0.6) is 0 Å². The van der Waals surface area contributed by atoms with E-state index < -0.39 is 17.0 Å². The van der Waals surface area contributed by atoms with Gasteiger partial charge in [0.15, 0.2) is 0 Å². The Morgan fingerprint density at radius 2 is 1.95 bits per heavy atom. The van der Waals surface area contributed by atoms with Gasteiger partial charge in [-0.25, -0.2) is 0 Å². The molecule has 1 heterocycles. The van der Waals surface area contributed by atoms with Crippen molar-refractivity contribution in [3.8, 4) is 0 Å². The van der Waals surface area contributed by atoms with Crippen molar-refractivity contribution < 1.29 is 19.8 Å². The van der Waals surface area contributed by atoms with Crippen LogP contribution in [0.3, 0.4) is 0 Å². The van der Waals surface area contributed by atoms with Crippen molar-refractivity contribution in [1.82, 2.24) is 4.90 Å². The number of amides is 1. The van der Waals surface area contributed by atoms with E-state index in [1.54, 1.807) is 0 Å². The molecule has 21 heavy (non-hydrogen) atoms. The van der Waals surface area contributed by atoms with Gasteiger partial charge in [-0.05, 0) is 24.7 Å². The van der Waals surface area contributed by atoms with Crippen LogP contribution in [-0.4, -0.2) is 45.7 Å². The lowest BCUT2D eigenvalue weighted by Crippen LogP contribution is -2.55. The highest BCUT2D eigenvalue weighted by Gasteiger charge is 2.44. The summed E-state index contributed by atoms with van der Waals surface area (Å²) in [4.78, 5) is 25.1.